The molecule has 1 aromatic carbocycles. The van der Waals surface area contributed by atoms with Crippen LogP contribution in [0, 0.1) is 5.92 Å². The van der Waals surface area contributed by atoms with Crippen LogP contribution in [0.3, 0.4) is 0 Å². The number of rotatable bonds is 2. The molecular formula is C14H14ClNO4. The molecule has 1 amide bonds. The van der Waals surface area contributed by atoms with Crippen LogP contribution in [0.4, 0.5) is 0 Å². The van der Waals surface area contributed by atoms with E-state index in [-0.39, 0.29) is 12.5 Å². The maximum Gasteiger partial charge on any atom is 0.308 e. The van der Waals surface area contributed by atoms with Gasteiger partial charge in [-0.1, -0.05) is 11.6 Å². The number of ether oxygens (including phenoxy) is 1. The molecule has 0 aliphatic carbocycles. The molecule has 106 valence electrons. The fraction of sp³-hybridized carbons (Fsp3) is 0.429. The second-order valence-electron chi connectivity index (χ2n) is 5.17. The summed E-state index contributed by atoms with van der Waals surface area (Å²) in [6.45, 7) is 0.748. The van der Waals surface area contributed by atoms with Crippen LogP contribution in [0.15, 0.2) is 18.2 Å². The maximum atomic E-state index is 12.3. The summed E-state index contributed by atoms with van der Waals surface area (Å²) in [5.41, 5.74) is 0.921. The van der Waals surface area contributed by atoms with E-state index in [9.17, 15) is 9.59 Å². The van der Waals surface area contributed by atoms with Gasteiger partial charge in [-0.25, -0.2) is 0 Å². The van der Waals surface area contributed by atoms with Crippen LogP contribution in [-0.2, 0) is 16.0 Å². The summed E-state index contributed by atoms with van der Waals surface area (Å²) < 4.78 is 5.63. The third kappa shape index (κ3) is 2.33. The smallest absolute Gasteiger partial charge is 0.308 e. The van der Waals surface area contributed by atoms with E-state index in [2.05, 4.69) is 0 Å². The number of hydrogen-bond donors (Lipinski definition) is 1. The Morgan fingerprint density at radius 2 is 2.20 bits per heavy atom. The Bertz CT molecular complexity index is 574. The molecule has 5 nitrogen and oxygen atoms in total. The first-order valence-corrected chi connectivity index (χ1v) is 6.89. The van der Waals surface area contributed by atoms with Crippen molar-refractivity contribution < 1.29 is 19.4 Å². The highest BCUT2D eigenvalue weighted by atomic mass is 35.5. The molecule has 0 spiro atoms. The number of halogens is 1. The number of likely N-dealkylation sites (tertiary alicyclic amines) is 1. The Morgan fingerprint density at radius 3 is 2.90 bits per heavy atom. The van der Waals surface area contributed by atoms with E-state index in [0.29, 0.717) is 30.2 Å². The van der Waals surface area contributed by atoms with E-state index in [1.54, 1.807) is 23.1 Å². The minimum atomic E-state index is -0.845. The predicted molar refractivity (Wildman–Crippen MR) is 71.9 cm³/mol. The number of carbonyl (C=O) groups is 2. The molecule has 1 N–H and O–H groups in total. The van der Waals surface area contributed by atoms with Gasteiger partial charge in [-0.3, -0.25) is 9.59 Å². The van der Waals surface area contributed by atoms with Gasteiger partial charge in [-0.05, 0) is 30.2 Å². The third-order valence-corrected chi connectivity index (χ3v) is 4.06. The molecule has 0 aromatic heterocycles. The summed E-state index contributed by atoms with van der Waals surface area (Å²) in [7, 11) is 0. The molecule has 1 aromatic rings. The van der Waals surface area contributed by atoms with Gasteiger partial charge in [-0.2, -0.15) is 0 Å². The van der Waals surface area contributed by atoms with Crippen LogP contribution in [0.1, 0.15) is 12.0 Å². The lowest BCUT2D eigenvalue weighted by atomic mass is 10.1. The molecule has 6 heteroatoms. The van der Waals surface area contributed by atoms with Gasteiger partial charge in [0, 0.05) is 24.5 Å². The van der Waals surface area contributed by atoms with Gasteiger partial charge < -0.3 is 14.7 Å². The van der Waals surface area contributed by atoms with Gasteiger partial charge in [0.15, 0.2) is 6.10 Å². The summed E-state index contributed by atoms with van der Waals surface area (Å²) >= 11 is 5.92. The second kappa shape index (κ2) is 4.98. The second-order valence-corrected chi connectivity index (χ2v) is 5.61. The Hall–Kier alpha value is -1.75. The fourth-order valence-corrected chi connectivity index (χ4v) is 2.92. The molecule has 2 heterocycles. The number of carbonyl (C=O) groups excluding carboxylic acids is 1. The number of nitrogens with zero attached hydrogens (tertiary/aromatic N) is 1. The summed E-state index contributed by atoms with van der Waals surface area (Å²) in [4.78, 5) is 24.8. The van der Waals surface area contributed by atoms with Gasteiger partial charge in [-0.15, -0.1) is 0 Å². The number of benzene rings is 1. The van der Waals surface area contributed by atoms with Gasteiger partial charge in [0.2, 0.25) is 0 Å². The zero-order valence-corrected chi connectivity index (χ0v) is 11.5. The monoisotopic (exact) mass is 295 g/mol. The Balaban J connectivity index is 1.67. The van der Waals surface area contributed by atoms with E-state index >= 15 is 0 Å². The van der Waals surface area contributed by atoms with Crippen LogP contribution >= 0.6 is 11.6 Å². The quantitative estimate of drug-likeness (QED) is 0.899. The first-order chi connectivity index (χ1) is 9.54. The molecule has 0 radical (unpaired) electrons. The predicted octanol–water partition coefficient (Wildman–Crippen LogP) is 1.58. The molecule has 2 aliphatic heterocycles. The lowest BCUT2D eigenvalue weighted by Crippen LogP contribution is -2.40. The average Bonchev–Trinajstić information content (AvgIpc) is 3.03. The Morgan fingerprint density at radius 1 is 1.40 bits per heavy atom. The summed E-state index contributed by atoms with van der Waals surface area (Å²) in [6, 6.07) is 5.28. The fourth-order valence-electron chi connectivity index (χ4n) is 2.72. The van der Waals surface area contributed by atoms with Crippen LogP contribution in [0.2, 0.25) is 5.02 Å². The van der Waals surface area contributed by atoms with Crippen molar-refractivity contribution in [3.8, 4) is 5.75 Å². The number of amides is 1. The topological polar surface area (TPSA) is 66.8 Å². The zero-order valence-electron chi connectivity index (χ0n) is 10.7. The largest absolute Gasteiger partial charge is 0.481 e. The van der Waals surface area contributed by atoms with Crippen molar-refractivity contribution in [2.45, 2.75) is 18.9 Å². The Labute approximate surface area is 121 Å². The highest BCUT2D eigenvalue weighted by molar-refractivity contribution is 6.30. The molecule has 2 atom stereocenters. The van der Waals surface area contributed by atoms with Crippen molar-refractivity contribution >= 4 is 23.5 Å². The summed E-state index contributed by atoms with van der Waals surface area (Å²) in [5, 5.41) is 9.58. The SMILES string of the molecule is O=C(O)[C@@H]1CCN(C(=O)[C@@H]2Cc3cc(Cl)ccc3O2)C1. The molecule has 0 bridgehead atoms. The minimum absolute atomic E-state index is 0.138. The van der Waals surface area contributed by atoms with E-state index in [0.717, 1.165) is 5.56 Å². The van der Waals surface area contributed by atoms with Crippen molar-refractivity contribution in [3.05, 3.63) is 28.8 Å². The highest BCUT2D eigenvalue weighted by Gasteiger charge is 2.37. The van der Waals surface area contributed by atoms with Crippen molar-refractivity contribution in [2.24, 2.45) is 5.92 Å². The first kappa shape index (κ1) is 13.2. The van der Waals surface area contributed by atoms with Crippen LogP contribution in [0.25, 0.3) is 0 Å². The van der Waals surface area contributed by atoms with Crippen LogP contribution < -0.4 is 4.74 Å². The van der Waals surface area contributed by atoms with E-state index in [1.165, 1.54) is 0 Å². The standard InChI is InChI=1S/C14H14ClNO4/c15-10-1-2-11-9(5-10)6-12(20-11)13(17)16-4-3-8(7-16)14(18)19/h1-2,5,8,12H,3-4,6-7H2,(H,18,19)/t8-,12+/m1/s1. The van der Waals surface area contributed by atoms with Crippen LogP contribution in [0.5, 0.6) is 5.75 Å². The zero-order chi connectivity index (χ0) is 14.3. The third-order valence-electron chi connectivity index (χ3n) is 3.82. The number of carboxylic acids is 1. The molecule has 1 saturated heterocycles. The van der Waals surface area contributed by atoms with E-state index < -0.39 is 18.0 Å². The highest BCUT2D eigenvalue weighted by Crippen LogP contribution is 2.32. The van der Waals surface area contributed by atoms with Crippen molar-refractivity contribution in [1.82, 2.24) is 4.90 Å². The average molecular weight is 296 g/mol. The van der Waals surface area contributed by atoms with Crippen molar-refractivity contribution in [1.29, 1.82) is 0 Å². The van der Waals surface area contributed by atoms with E-state index in [4.69, 9.17) is 21.4 Å². The van der Waals surface area contributed by atoms with Gasteiger partial charge in [0.05, 0.1) is 5.92 Å². The summed E-state index contributed by atoms with van der Waals surface area (Å²) in [6.07, 6.45) is 0.436. The molecule has 2 aliphatic rings. The number of hydrogen-bond acceptors (Lipinski definition) is 3. The maximum absolute atomic E-state index is 12.3. The van der Waals surface area contributed by atoms with Crippen molar-refractivity contribution in [3.63, 3.8) is 0 Å². The molecule has 0 unspecified atom stereocenters. The van der Waals surface area contributed by atoms with E-state index in [1.807, 2.05) is 0 Å². The summed E-state index contributed by atoms with van der Waals surface area (Å²) in [5.74, 6) is -0.761. The molecule has 3 rings (SSSR count). The van der Waals surface area contributed by atoms with Gasteiger partial charge in [0.1, 0.15) is 5.75 Å². The first-order valence-electron chi connectivity index (χ1n) is 6.51. The minimum Gasteiger partial charge on any atom is -0.481 e. The van der Waals surface area contributed by atoms with Crippen LogP contribution in [-0.4, -0.2) is 41.1 Å². The Kier molecular flexibility index (Phi) is 3.30. The molecule has 1 fully saturated rings. The number of carboxylic acid groups (broad SMARTS) is 1. The van der Waals surface area contributed by atoms with Gasteiger partial charge in [0.25, 0.3) is 5.91 Å². The van der Waals surface area contributed by atoms with Crippen molar-refractivity contribution in [2.75, 3.05) is 13.1 Å². The normalized spacial score (nSPS) is 24.4. The lowest BCUT2D eigenvalue weighted by Gasteiger charge is -2.19. The molecule has 0 saturated carbocycles. The number of fused-ring (bicyclic) bond motifs is 1. The molecular weight excluding hydrogens is 282 g/mol. The number of aliphatic carboxylic acids is 1. The lowest BCUT2D eigenvalue weighted by molar-refractivity contribution is -0.142. The molecule has 20 heavy (non-hydrogen) atoms. The van der Waals surface area contributed by atoms with Gasteiger partial charge >= 0.3 is 5.97 Å².